The molecule has 0 fully saturated rings. The topological polar surface area (TPSA) is 98.5 Å². The Morgan fingerprint density at radius 1 is 1.28 bits per heavy atom. The van der Waals surface area contributed by atoms with Crippen molar-refractivity contribution in [3.63, 3.8) is 0 Å². The molecule has 0 unspecified atom stereocenters. The van der Waals surface area contributed by atoms with E-state index in [9.17, 15) is 13.2 Å². The molecular weight excluding hydrogens is 256 g/mol. The Kier molecular flexibility index (Phi) is 7.42. The summed E-state index contributed by atoms with van der Waals surface area (Å²) in [5, 5.41) is 0. The van der Waals surface area contributed by atoms with E-state index in [1.165, 1.54) is 0 Å². The molecule has 3 N–H and O–H groups in total. The average molecular weight is 280 g/mol. The zero-order valence-electron chi connectivity index (χ0n) is 11.4. The third-order valence-corrected chi connectivity index (χ3v) is 4.48. The monoisotopic (exact) mass is 280 g/mol. The molecule has 0 rings (SSSR count). The smallest absolute Gasteiger partial charge is 0.306 e. The molecule has 0 aromatic carbocycles. The third kappa shape index (κ3) is 5.79. The largest absolute Gasteiger partial charge is 0.466 e. The summed E-state index contributed by atoms with van der Waals surface area (Å²) in [6, 6.07) is 0. The number of ether oxygens (including phenoxy) is 1. The molecule has 0 bridgehead atoms. The first-order valence-electron chi connectivity index (χ1n) is 6.22. The van der Waals surface area contributed by atoms with Crippen molar-refractivity contribution in [2.75, 3.05) is 18.9 Å². The van der Waals surface area contributed by atoms with Crippen molar-refractivity contribution in [1.82, 2.24) is 4.72 Å². The predicted octanol–water partition coefficient (Wildman–Crippen LogP) is 0.377. The summed E-state index contributed by atoms with van der Waals surface area (Å²) in [7, 11) is -3.52. The van der Waals surface area contributed by atoms with Gasteiger partial charge in [0.2, 0.25) is 10.0 Å². The second-order valence-electron chi connectivity index (χ2n) is 4.17. The van der Waals surface area contributed by atoms with Crippen LogP contribution in [0.3, 0.4) is 0 Å². The number of hydrogen-bond donors (Lipinski definition) is 2. The van der Waals surface area contributed by atoms with Crippen molar-refractivity contribution in [2.24, 2.45) is 5.73 Å². The highest BCUT2D eigenvalue weighted by molar-refractivity contribution is 7.89. The van der Waals surface area contributed by atoms with Crippen LogP contribution in [-0.4, -0.2) is 38.8 Å². The minimum absolute atomic E-state index is 0.142. The van der Waals surface area contributed by atoms with Crippen molar-refractivity contribution in [1.29, 1.82) is 0 Å². The molecule has 0 saturated carbocycles. The Balaban J connectivity index is 4.51. The van der Waals surface area contributed by atoms with Gasteiger partial charge in [0, 0.05) is 12.1 Å². The van der Waals surface area contributed by atoms with Crippen LogP contribution < -0.4 is 10.5 Å². The molecule has 0 aromatic heterocycles. The minimum Gasteiger partial charge on any atom is -0.466 e. The maximum atomic E-state index is 11.9. The molecule has 18 heavy (non-hydrogen) atoms. The Morgan fingerprint density at radius 2 is 1.83 bits per heavy atom. The molecule has 0 amide bonds. The third-order valence-electron chi connectivity index (χ3n) is 3.00. The first kappa shape index (κ1) is 17.3. The first-order chi connectivity index (χ1) is 8.34. The van der Waals surface area contributed by atoms with Crippen LogP contribution in [0, 0.1) is 0 Å². The van der Waals surface area contributed by atoms with Crippen LogP contribution in [0.2, 0.25) is 0 Å². The van der Waals surface area contributed by atoms with Crippen LogP contribution in [0.5, 0.6) is 0 Å². The van der Waals surface area contributed by atoms with E-state index < -0.39 is 21.5 Å². The Bertz CT molecular complexity index is 342. The van der Waals surface area contributed by atoms with E-state index in [4.69, 9.17) is 10.5 Å². The number of nitrogens with one attached hydrogen (secondary N) is 1. The van der Waals surface area contributed by atoms with Crippen LogP contribution in [0.1, 0.15) is 40.0 Å². The highest BCUT2D eigenvalue weighted by Crippen LogP contribution is 2.15. The molecule has 7 heteroatoms. The summed E-state index contributed by atoms with van der Waals surface area (Å²) < 4.78 is 31.0. The second-order valence-corrected chi connectivity index (χ2v) is 6.01. The van der Waals surface area contributed by atoms with E-state index in [1.54, 1.807) is 6.92 Å². The first-order valence-corrected chi connectivity index (χ1v) is 7.87. The van der Waals surface area contributed by atoms with Crippen molar-refractivity contribution in [2.45, 2.75) is 45.6 Å². The zero-order chi connectivity index (χ0) is 14.2. The number of carbonyl (C=O) groups excluding carboxylic acids is 1. The van der Waals surface area contributed by atoms with Gasteiger partial charge in [0.1, 0.15) is 0 Å². The summed E-state index contributed by atoms with van der Waals surface area (Å²) >= 11 is 0. The molecule has 0 spiro atoms. The van der Waals surface area contributed by atoms with Crippen LogP contribution in [0.15, 0.2) is 0 Å². The van der Waals surface area contributed by atoms with Crippen LogP contribution in [0.25, 0.3) is 0 Å². The van der Waals surface area contributed by atoms with Gasteiger partial charge in [0.25, 0.3) is 0 Å². The zero-order valence-corrected chi connectivity index (χ0v) is 12.2. The fourth-order valence-electron chi connectivity index (χ4n) is 1.56. The van der Waals surface area contributed by atoms with Gasteiger partial charge in [-0.3, -0.25) is 4.79 Å². The summed E-state index contributed by atoms with van der Waals surface area (Å²) in [6.07, 6.45) is 1.08. The highest BCUT2D eigenvalue weighted by Gasteiger charge is 2.29. The number of carbonyl (C=O) groups is 1. The van der Waals surface area contributed by atoms with Crippen molar-refractivity contribution >= 4 is 16.0 Å². The molecule has 0 aliphatic heterocycles. The lowest BCUT2D eigenvalue weighted by Gasteiger charge is -2.30. The Labute approximate surface area is 109 Å². The number of sulfonamides is 1. The number of hydrogen-bond acceptors (Lipinski definition) is 5. The van der Waals surface area contributed by atoms with E-state index in [0.29, 0.717) is 12.8 Å². The Hall–Kier alpha value is -0.660. The lowest BCUT2D eigenvalue weighted by Crippen LogP contribution is -2.53. The quantitative estimate of drug-likeness (QED) is 0.595. The molecule has 0 aromatic rings. The van der Waals surface area contributed by atoms with Crippen molar-refractivity contribution < 1.29 is 17.9 Å². The molecule has 6 nitrogen and oxygen atoms in total. The van der Waals surface area contributed by atoms with Gasteiger partial charge in [-0.15, -0.1) is 0 Å². The molecule has 0 saturated heterocycles. The maximum Gasteiger partial charge on any atom is 0.306 e. The highest BCUT2D eigenvalue weighted by atomic mass is 32.2. The van der Waals surface area contributed by atoms with Crippen molar-refractivity contribution in [3.8, 4) is 0 Å². The van der Waals surface area contributed by atoms with Crippen LogP contribution in [-0.2, 0) is 19.6 Å². The lowest BCUT2D eigenvalue weighted by atomic mass is 9.95. The standard InChI is InChI=1S/C11H24N2O4S/c1-4-11(5-2,9-12)13-18(15,16)8-7-10(14)17-6-3/h13H,4-9,12H2,1-3H3. The van der Waals surface area contributed by atoms with E-state index in [-0.39, 0.29) is 25.3 Å². The summed E-state index contributed by atoms with van der Waals surface area (Å²) in [4.78, 5) is 11.1. The van der Waals surface area contributed by atoms with E-state index in [1.807, 2.05) is 13.8 Å². The van der Waals surface area contributed by atoms with Gasteiger partial charge < -0.3 is 10.5 Å². The maximum absolute atomic E-state index is 11.9. The van der Waals surface area contributed by atoms with Gasteiger partial charge in [-0.25, -0.2) is 13.1 Å². The average Bonchev–Trinajstić information content (AvgIpc) is 2.34. The van der Waals surface area contributed by atoms with Crippen LogP contribution >= 0.6 is 0 Å². The van der Waals surface area contributed by atoms with Crippen molar-refractivity contribution in [3.05, 3.63) is 0 Å². The molecule has 0 radical (unpaired) electrons. The predicted molar refractivity (Wildman–Crippen MR) is 70.5 cm³/mol. The Morgan fingerprint density at radius 3 is 2.22 bits per heavy atom. The van der Waals surface area contributed by atoms with Crippen LogP contribution in [0.4, 0.5) is 0 Å². The number of esters is 1. The van der Waals surface area contributed by atoms with E-state index in [2.05, 4.69) is 4.72 Å². The van der Waals surface area contributed by atoms with Gasteiger partial charge in [0.15, 0.2) is 0 Å². The fraction of sp³-hybridized carbons (Fsp3) is 0.909. The molecule has 0 atom stereocenters. The lowest BCUT2D eigenvalue weighted by molar-refractivity contribution is -0.142. The van der Waals surface area contributed by atoms with E-state index >= 15 is 0 Å². The molecular formula is C11H24N2O4S. The number of nitrogens with two attached hydrogens (primary N) is 1. The fourth-order valence-corrected chi connectivity index (χ4v) is 3.13. The number of rotatable bonds is 9. The summed E-state index contributed by atoms with van der Waals surface area (Å²) in [5.41, 5.74) is 5.00. The van der Waals surface area contributed by atoms with Gasteiger partial charge in [-0.2, -0.15) is 0 Å². The SMILES string of the molecule is CCOC(=O)CCS(=O)(=O)NC(CC)(CC)CN. The van der Waals surface area contributed by atoms with Gasteiger partial charge in [0.05, 0.1) is 18.8 Å². The normalized spacial score (nSPS) is 12.4. The van der Waals surface area contributed by atoms with Gasteiger partial charge in [-0.1, -0.05) is 13.8 Å². The van der Waals surface area contributed by atoms with Gasteiger partial charge >= 0.3 is 5.97 Å². The minimum atomic E-state index is -3.52. The second kappa shape index (κ2) is 7.70. The van der Waals surface area contributed by atoms with E-state index in [0.717, 1.165) is 0 Å². The molecule has 0 aliphatic carbocycles. The molecule has 0 heterocycles. The summed E-state index contributed by atoms with van der Waals surface area (Å²) in [5.74, 6) is -0.776. The van der Waals surface area contributed by atoms with Gasteiger partial charge in [-0.05, 0) is 19.8 Å². The molecule has 108 valence electrons. The molecule has 0 aliphatic rings. The summed E-state index contributed by atoms with van der Waals surface area (Å²) in [6.45, 7) is 5.92.